The lowest BCUT2D eigenvalue weighted by atomic mass is 10.2. The molecule has 4 heteroatoms. The molecule has 0 aliphatic rings. The van der Waals surface area contributed by atoms with Gasteiger partial charge in [0, 0.05) is 17.3 Å². The van der Waals surface area contributed by atoms with E-state index in [2.05, 4.69) is 40.5 Å². The van der Waals surface area contributed by atoms with Crippen LogP contribution in [0.15, 0.2) is 85.1 Å². The second kappa shape index (κ2) is 6.76. The number of para-hydroxylation sites is 4. The molecule has 2 N–H and O–H groups in total. The average Bonchev–Trinajstić information content (AvgIpc) is 3.00. The summed E-state index contributed by atoms with van der Waals surface area (Å²) in [5.41, 5.74) is 4.75. The summed E-state index contributed by atoms with van der Waals surface area (Å²) in [5.74, 6) is 0. The van der Waals surface area contributed by atoms with Gasteiger partial charge in [-0.05, 0) is 42.8 Å². The summed E-state index contributed by atoms with van der Waals surface area (Å²) in [6, 6.07) is 25.2. The normalized spacial score (nSPS) is 10.7. The predicted octanol–water partition coefficient (Wildman–Crippen LogP) is 5.58. The van der Waals surface area contributed by atoms with Gasteiger partial charge < -0.3 is 15.2 Å². The fraction of sp³-hybridized carbons (Fsp3) is 0.0455. The molecule has 0 fully saturated rings. The molecule has 128 valence electrons. The number of urea groups is 1. The summed E-state index contributed by atoms with van der Waals surface area (Å²) in [5, 5.41) is 7.02. The number of nitrogens with zero attached hydrogens (tertiary/aromatic N) is 1. The van der Waals surface area contributed by atoms with Gasteiger partial charge in [-0.25, -0.2) is 4.79 Å². The molecule has 0 saturated heterocycles. The van der Waals surface area contributed by atoms with Crippen molar-refractivity contribution >= 4 is 28.3 Å². The van der Waals surface area contributed by atoms with Crippen LogP contribution in [0.5, 0.6) is 0 Å². The molecule has 26 heavy (non-hydrogen) atoms. The average molecular weight is 341 g/mol. The zero-order valence-corrected chi connectivity index (χ0v) is 14.4. The van der Waals surface area contributed by atoms with Crippen LogP contribution in [0.3, 0.4) is 0 Å². The van der Waals surface area contributed by atoms with Crippen molar-refractivity contribution in [3.63, 3.8) is 0 Å². The summed E-state index contributed by atoms with van der Waals surface area (Å²) >= 11 is 0. The minimum Gasteiger partial charge on any atom is -0.314 e. The van der Waals surface area contributed by atoms with Crippen molar-refractivity contribution in [1.29, 1.82) is 0 Å². The van der Waals surface area contributed by atoms with Gasteiger partial charge in [0.05, 0.1) is 16.9 Å². The maximum absolute atomic E-state index is 12.4. The Labute approximate surface area is 152 Å². The monoisotopic (exact) mass is 341 g/mol. The number of aryl methyl sites for hydroxylation is 1. The van der Waals surface area contributed by atoms with Gasteiger partial charge in [0.25, 0.3) is 0 Å². The first kappa shape index (κ1) is 16.0. The maximum atomic E-state index is 12.4. The highest BCUT2D eigenvalue weighted by Gasteiger charge is 2.11. The second-order valence-corrected chi connectivity index (χ2v) is 6.16. The van der Waals surface area contributed by atoms with E-state index in [1.165, 1.54) is 10.9 Å². The number of carbonyl (C=O) groups excluding carboxylic acids is 1. The topological polar surface area (TPSA) is 46.1 Å². The van der Waals surface area contributed by atoms with Gasteiger partial charge in [0.15, 0.2) is 0 Å². The molecule has 1 aromatic heterocycles. The third-order valence-corrected chi connectivity index (χ3v) is 4.35. The van der Waals surface area contributed by atoms with E-state index in [1.54, 1.807) is 0 Å². The highest BCUT2D eigenvalue weighted by Crippen LogP contribution is 2.28. The van der Waals surface area contributed by atoms with Crippen molar-refractivity contribution in [3.8, 4) is 5.69 Å². The van der Waals surface area contributed by atoms with Gasteiger partial charge in [-0.3, -0.25) is 0 Å². The Morgan fingerprint density at radius 3 is 2.35 bits per heavy atom. The quantitative estimate of drug-likeness (QED) is 0.502. The van der Waals surface area contributed by atoms with E-state index in [9.17, 15) is 4.79 Å². The van der Waals surface area contributed by atoms with Gasteiger partial charge in [0.1, 0.15) is 0 Å². The van der Waals surface area contributed by atoms with Crippen molar-refractivity contribution in [2.45, 2.75) is 6.92 Å². The number of benzene rings is 3. The van der Waals surface area contributed by atoms with E-state index in [0.29, 0.717) is 0 Å². The minimum absolute atomic E-state index is 0.267. The van der Waals surface area contributed by atoms with Gasteiger partial charge >= 0.3 is 6.03 Å². The molecule has 1 heterocycles. The number of hydrogen-bond acceptors (Lipinski definition) is 1. The van der Waals surface area contributed by atoms with Crippen LogP contribution in [0.2, 0.25) is 0 Å². The van der Waals surface area contributed by atoms with Crippen LogP contribution in [0.25, 0.3) is 16.6 Å². The first-order valence-electron chi connectivity index (χ1n) is 8.51. The fourth-order valence-corrected chi connectivity index (χ4v) is 3.14. The Morgan fingerprint density at radius 1 is 0.808 bits per heavy atom. The van der Waals surface area contributed by atoms with Crippen LogP contribution >= 0.6 is 0 Å². The fourth-order valence-electron chi connectivity index (χ4n) is 3.14. The Kier molecular flexibility index (Phi) is 4.15. The standard InChI is InChI=1S/C22H19N3O/c1-16-15-25(20-13-7-5-11-18(16)20)21-14-8-6-12-19(21)24-22(26)23-17-9-3-2-4-10-17/h2-15H,1H3,(H2,23,24,26). The number of fused-ring (bicyclic) bond motifs is 1. The van der Waals surface area contributed by atoms with Crippen LogP contribution < -0.4 is 10.6 Å². The van der Waals surface area contributed by atoms with Crippen LogP contribution in [-0.4, -0.2) is 10.6 Å². The lowest BCUT2D eigenvalue weighted by Crippen LogP contribution is -2.20. The number of nitrogens with one attached hydrogen (secondary N) is 2. The number of hydrogen-bond donors (Lipinski definition) is 2. The highest BCUT2D eigenvalue weighted by molar-refractivity contribution is 6.01. The Balaban J connectivity index is 1.68. The molecule has 0 saturated carbocycles. The Morgan fingerprint density at radius 2 is 1.50 bits per heavy atom. The van der Waals surface area contributed by atoms with E-state index in [-0.39, 0.29) is 6.03 Å². The summed E-state index contributed by atoms with van der Waals surface area (Å²) in [4.78, 5) is 12.4. The van der Waals surface area contributed by atoms with Crippen molar-refractivity contribution in [1.82, 2.24) is 4.57 Å². The molecule has 4 aromatic rings. The lowest BCUT2D eigenvalue weighted by Gasteiger charge is -2.14. The van der Waals surface area contributed by atoms with Crippen LogP contribution in [-0.2, 0) is 0 Å². The number of amides is 2. The molecule has 4 rings (SSSR count). The molecule has 0 unspecified atom stereocenters. The van der Waals surface area contributed by atoms with Crippen molar-refractivity contribution < 1.29 is 4.79 Å². The van der Waals surface area contributed by atoms with E-state index in [1.807, 2.05) is 66.7 Å². The molecule has 3 aromatic carbocycles. The van der Waals surface area contributed by atoms with E-state index < -0.39 is 0 Å². The summed E-state index contributed by atoms with van der Waals surface area (Å²) in [6.07, 6.45) is 2.10. The van der Waals surface area contributed by atoms with Crippen LogP contribution in [0, 0.1) is 6.92 Å². The van der Waals surface area contributed by atoms with E-state index in [4.69, 9.17) is 0 Å². The smallest absolute Gasteiger partial charge is 0.314 e. The van der Waals surface area contributed by atoms with Gasteiger partial charge in [0.2, 0.25) is 0 Å². The summed E-state index contributed by atoms with van der Waals surface area (Å²) in [6.45, 7) is 2.09. The van der Waals surface area contributed by atoms with E-state index >= 15 is 0 Å². The largest absolute Gasteiger partial charge is 0.323 e. The molecule has 0 atom stereocenters. The minimum atomic E-state index is -0.267. The Bertz CT molecular complexity index is 1070. The molecule has 0 radical (unpaired) electrons. The lowest BCUT2D eigenvalue weighted by molar-refractivity contribution is 0.262. The molecule has 0 aliphatic heterocycles. The first-order valence-corrected chi connectivity index (χ1v) is 8.51. The van der Waals surface area contributed by atoms with Gasteiger partial charge in [-0.1, -0.05) is 48.5 Å². The SMILES string of the molecule is Cc1cn(-c2ccccc2NC(=O)Nc2ccccc2)c2ccccc12. The third kappa shape index (κ3) is 3.05. The predicted molar refractivity (Wildman–Crippen MR) is 107 cm³/mol. The molecule has 0 aliphatic carbocycles. The molecular formula is C22H19N3O. The molecule has 2 amide bonds. The van der Waals surface area contributed by atoms with Crippen molar-refractivity contribution in [3.05, 3.63) is 90.6 Å². The summed E-state index contributed by atoms with van der Waals surface area (Å²) in [7, 11) is 0. The Hall–Kier alpha value is -3.53. The molecule has 0 bridgehead atoms. The van der Waals surface area contributed by atoms with E-state index in [0.717, 1.165) is 22.6 Å². The molecule has 0 spiro atoms. The first-order chi connectivity index (χ1) is 12.7. The number of rotatable bonds is 3. The highest BCUT2D eigenvalue weighted by atomic mass is 16.2. The third-order valence-electron chi connectivity index (χ3n) is 4.35. The number of aromatic nitrogens is 1. The zero-order valence-electron chi connectivity index (χ0n) is 14.4. The molecule has 4 nitrogen and oxygen atoms in total. The van der Waals surface area contributed by atoms with Gasteiger partial charge in [-0.15, -0.1) is 0 Å². The van der Waals surface area contributed by atoms with Crippen LogP contribution in [0.1, 0.15) is 5.56 Å². The molecular weight excluding hydrogens is 322 g/mol. The number of carbonyl (C=O) groups is 1. The number of anilines is 2. The van der Waals surface area contributed by atoms with Crippen molar-refractivity contribution in [2.24, 2.45) is 0 Å². The van der Waals surface area contributed by atoms with Gasteiger partial charge in [-0.2, -0.15) is 0 Å². The second-order valence-electron chi connectivity index (χ2n) is 6.16. The van der Waals surface area contributed by atoms with Crippen molar-refractivity contribution in [2.75, 3.05) is 10.6 Å². The maximum Gasteiger partial charge on any atom is 0.323 e. The summed E-state index contributed by atoms with van der Waals surface area (Å²) < 4.78 is 2.11. The zero-order chi connectivity index (χ0) is 17.9. The van der Waals surface area contributed by atoms with Crippen LogP contribution in [0.4, 0.5) is 16.2 Å².